The summed E-state index contributed by atoms with van der Waals surface area (Å²) in [5.74, 6) is 1.43. The summed E-state index contributed by atoms with van der Waals surface area (Å²) in [5.41, 5.74) is 4.08. The van der Waals surface area contributed by atoms with E-state index < -0.39 is 0 Å². The number of ether oxygens (including phenoxy) is 1. The Bertz CT molecular complexity index is 1270. The zero-order chi connectivity index (χ0) is 23.3. The number of aryl methyl sites for hydroxylation is 1. The van der Waals surface area contributed by atoms with Crippen molar-refractivity contribution in [3.63, 3.8) is 0 Å². The Morgan fingerprint density at radius 2 is 1.76 bits per heavy atom. The first kappa shape index (κ1) is 21.6. The fourth-order valence-electron chi connectivity index (χ4n) is 4.15. The van der Waals surface area contributed by atoms with Crippen molar-refractivity contribution >= 4 is 5.91 Å². The van der Waals surface area contributed by atoms with Crippen molar-refractivity contribution in [3.05, 3.63) is 90.5 Å². The third kappa shape index (κ3) is 4.76. The van der Waals surface area contributed by atoms with Gasteiger partial charge in [0, 0.05) is 55.6 Å². The van der Waals surface area contributed by atoms with Gasteiger partial charge in [-0.1, -0.05) is 12.1 Å². The Hall–Kier alpha value is -4.20. The minimum absolute atomic E-state index is 0.0165. The predicted molar refractivity (Wildman–Crippen MR) is 126 cm³/mol. The number of nitrogens with zero attached hydrogens (tertiary/aromatic N) is 6. The number of hydrogen-bond acceptors (Lipinski definition) is 7. The van der Waals surface area contributed by atoms with E-state index in [1.165, 1.54) is 6.33 Å². The molecule has 1 aliphatic heterocycles. The first-order valence-electron chi connectivity index (χ1n) is 11.2. The number of amides is 1. The van der Waals surface area contributed by atoms with Gasteiger partial charge in [0.15, 0.2) is 0 Å². The maximum atomic E-state index is 13.0. The lowest BCUT2D eigenvalue weighted by atomic mass is 9.93. The van der Waals surface area contributed by atoms with Crippen LogP contribution in [0.1, 0.15) is 40.4 Å². The van der Waals surface area contributed by atoms with Crippen LogP contribution in [0.15, 0.2) is 73.7 Å². The summed E-state index contributed by atoms with van der Waals surface area (Å²) in [6, 6.07) is 11.5. The van der Waals surface area contributed by atoms with Crippen LogP contribution < -0.4 is 4.74 Å². The Morgan fingerprint density at radius 3 is 2.50 bits per heavy atom. The molecule has 1 amide bonds. The molecule has 8 nitrogen and oxygen atoms in total. The quantitative estimate of drug-likeness (QED) is 0.442. The van der Waals surface area contributed by atoms with Gasteiger partial charge in [-0.15, -0.1) is 0 Å². The van der Waals surface area contributed by atoms with Crippen LogP contribution in [0.25, 0.3) is 11.3 Å². The zero-order valence-corrected chi connectivity index (χ0v) is 18.8. The Kier molecular flexibility index (Phi) is 6.20. The van der Waals surface area contributed by atoms with Crippen molar-refractivity contribution in [1.82, 2.24) is 29.8 Å². The minimum atomic E-state index is -0.0165. The first-order valence-corrected chi connectivity index (χ1v) is 11.2. The van der Waals surface area contributed by atoms with E-state index in [2.05, 4.69) is 24.9 Å². The second-order valence-corrected chi connectivity index (χ2v) is 8.29. The summed E-state index contributed by atoms with van der Waals surface area (Å²) >= 11 is 0. The van der Waals surface area contributed by atoms with Crippen LogP contribution in [0.3, 0.4) is 0 Å². The number of piperidine rings is 1. The number of rotatable bonds is 5. The largest absolute Gasteiger partial charge is 0.437 e. The third-order valence-electron chi connectivity index (χ3n) is 5.93. The van der Waals surface area contributed by atoms with Crippen molar-refractivity contribution in [1.29, 1.82) is 0 Å². The molecule has 0 atom stereocenters. The second-order valence-electron chi connectivity index (χ2n) is 8.29. The van der Waals surface area contributed by atoms with Crippen LogP contribution in [-0.4, -0.2) is 48.8 Å². The van der Waals surface area contributed by atoms with E-state index in [-0.39, 0.29) is 11.8 Å². The van der Waals surface area contributed by atoms with Gasteiger partial charge in [-0.2, -0.15) is 0 Å². The van der Waals surface area contributed by atoms with E-state index in [4.69, 9.17) is 4.74 Å². The van der Waals surface area contributed by atoms with Gasteiger partial charge < -0.3 is 9.64 Å². The Labute approximate surface area is 197 Å². The van der Waals surface area contributed by atoms with Gasteiger partial charge in [0.05, 0.1) is 11.3 Å². The molecule has 0 N–H and O–H groups in total. The molecule has 34 heavy (non-hydrogen) atoms. The average Bonchev–Trinajstić information content (AvgIpc) is 2.89. The van der Waals surface area contributed by atoms with E-state index >= 15 is 0 Å². The summed E-state index contributed by atoms with van der Waals surface area (Å²) in [7, 11) is 0. The number of hydrogen-bond donors (Lipinski definition) is 0. The minimum Gasteiger partial charge on any atom is -0.437 e. The molecule has 0 aliphatic carbocycles. The van der Waals surface area contributed by atoms with Gasteiger partial charge in [0.1, 0.15) is 17.8 Å². The van der Waals surface area contributed by atoms with Crippen LogP contribution in [0.4, 0.5) is 0 Å². The van der Waals surface area contributed by atoms with Crippen molar-refractivity contribution in [2.24, 2.45) is 0 Å². The molecule has 8 heteroatoms. The molecular weight excluding hydrogens is 428 g/mol. The highest BCUT2D eigenvalue weighted by Gasteiger charge is 2.28. The van der Waals surface area contributed by atoms with Crippen molar-refractivity contribution < 1.29 is 9.53 Å². The molecule has 1 aliphatic rings. The number of carbonyl (C=O) groups excluding carboxylic acids is 1. The monoisotopic (exact) mass is 452 g/mol. The van der Waals surface area contributed by atoms with E-state index in [9.17, 15) is 4.79 Å². The molecule has 3 aromatic heterocycles. The summed E-state index contributed by atoms with van der Waals surface area (Å²) < 4.78 is 6.06. The molecule has 0 spiro atoms. The highest BCUT2D eigenvalue weighted by atomic mass is 16.5. The normalized spacial score (nSPS) is 14.1. The topological polar surface area (TPSA) is 94.0 Å². The molecule has 0 radical (unpaired) electrons. The zero-order valence-electron chi connectivity index (χ0n) is 18.8. The predicted octanol–water partition coefficient (Wildman–Crippen LogP) is 4.45. The van der Waals surface area contributed by atoms with Gasteiger partial charge >= 0.3 is 0 Å². The molecular formula is C26H24N6O2. The highest BCUT2D eigenvalue weighted by Crippen LogP contribution is 2.34. The van der Waals surface area contributed by atoms with E-state index in [0.717, 1.165) is 41.1 Å². The maximum absolute atomic E-state index is 13.0. The number of pyridine rings is 1. The maximum Gasteiger partial charge on any atom is 0.255 e. The van der Waals surface area contributed by atoms with Crippen molar-refractivity contribution in [2.45, 2.75) is 25.7 Å². The van der Waals surface area contributed by atoms with Crippen LogP contribution in [0.2, 0.25) is 0 Å². The summed E-state index contributed by atoms with van der Waals surface area (Å²) in [4.78, 5) is 36.4. The van der Waals surface area contributed by atoms with Crippen LogP contribution >= 0.6 is 0 Å². The van der Waals surface area contributed by atoms with Gasteiger partial charge in [0.2, 0.25) is 5.88 Å². The average molecular weight is 453 g/mol. The number of aromatic nitrogens is 5. The SMILES string of the molecule is Cc1cccc(Oc2nccnc2C2CCN(C(=O)c3ccc(-c4cncnc4)nc3)CC2)c1. The molecule has 5 rings (SSSR count). The number of benzene rings is 1. The molecule has 0 saturated carbocycles. The van der Waals surface area contributed by atoms with Crippen LogP contribution in [0, 0.1) is 6.92 Å². The van der Waals surface area contributed by atoms with Crippen LogP contribution in [0.5, 0.6) is 11.6 Å². The summed E-state index contributed by atoms with van der Waals surface area (Å²) in [5, 5.41) is 0. The Balaban J connectivity index is 1.24. The first-order chi connectivity index (χ1) is 16.7. The van der Waals surface area contributed by atoms with Gasteiger partial charge in [-0.05, 0) is 49.6 Å². The van der Waals surface area contributed by atoms with E-state index in [1.54, 1.807) is 37.1 Å². The lowest BCUT2D eigenvalue weighted by Gasteiger charge is -2.32. The summed E-state index contributed by atoms with van der Waals surface area (Å²) in [6.45, 7) is 3.30. The lowest BCUT2D eigenvalue weighted by Crippen LogP contribution is -2.38. The van der Waals surface area contributed by atoms with Gasteiger partial charge in [-0.25, -0.2) is 15.0 Å². The van der Waals surface area contributed by atoms with Gasteiger partial charge in [0.25, 0.3) is 5.91 Å². The fraction of sp³-hybridized carbons (Fsp3) is 0.231. The molecule has 1 saturated heterocycles. The molecule has 0 bridgehead atoms. The fourth-order valence-corrected chi connectivity index (χ4v) is 4.15. The molecule has 4 aromatic rings. The molecule has 4 heterocycles. The van der Waals surface area contributed by atoms with E-state index in [0.29, 0.717) is 24.5 Å². The van der Waals surface area contributed by atoms with Gasteiger partial charge in [-0.3, -0.25) is 14.8 Å². The van der Waals surface area contributed by atoms with Crippen molar-refractivity contribution in [2.75, 3.05) is 13.1 Å². The van der Waals surface area contributed by atoms with E-state index in [1.807, 2.05) is 42.2 Å². The standard InChI is InChI=1S/C26H24N6O2/c1-18-3-2-4-22(13-18)34-25-24(29-9-10-30-25)19-7-11-32(12-8-19)26(33)20-5-6-23(31-16-20)21-14-27-17-28-15-21/h2-6,9-10,13-17,19H,7-8,11-12H2,1H3. The Morgan fingerprint density at radius 1 is 0.971 bits per heavy atom. The smallest absolute Gasteiger partial charge is 0.255 e. The molecule has 1 fully saturated rings. The highest BCUT2D eigenvalue weighted by molar-refractivity contribution is 5.94. The second kappa shape index (κ2) is 9.74. The van der Waals surface area contributed by atoms with Crippen molar-refractivity contribution in [3.8, 4) is 22.9 Å². The molecule has 1 aromatic carbocycles. The lowest BCUT2D eigenvalue weighted by molar-refractivity contribution is 0.0711. The summed E-state index contributed by atoms with van der Waals surface area (Å²) in [6.07, 6.45) is 11.4. The molecule has 170 valence electrons. The molecule has 0 unspecified atom stereocenters. The number of likely N-dealkylation sites (tertiary alicyclic amines) is 1. The van der Waals surface area contributed by atoms with Crippen LogP contribution in [-0.2, 0) is 0 Å². The third-order valence-corrected chi connectivity index (χ3v) is 5.93. The number of carbonyl (C=O) groups is 1.